The van der Waals surface area contributed by atoms with E-state index in [0.717, 1.165) is 18.2 Å². The second-order valence-electron chi connectivity index (χ2n) is 3.47. The Bertz CT molecular complexity index is 348. The number of aromatic nitrogens is 1. The normalized spacial score (nSPS) is 11.1. The molecule has 6 heteroatoms. The van der Waals surface area contributed by atoms with E-state index in [1.54, 1.807) is 18.4 Å². The Morgan fingerprint density at radius 2 is 2.18 bits per heavy atom. The first-order chi connectivity index (χ1) is 8.10. The summed E-state index contributed by atoms with van der Waals surface area (Å²) in [5, 5.41) is 3.19. The maximum Gasteiger partial charge on any atom is 0.373 e. The molecule has 1 heterocycles. The van der Waals surface area contributed by atoms with Gasteiger partial charge in [-0.25, -0.2) is 4.98 Å². The molecule has 0 bridgehead atoms. The van der Waals surface area contributed by atoms with E-state index in [9.17, 15) is 0 Å². The average molecular weight is 258 g/mol. The fourth-order valence-electron chi connectivity index (χ4n) is 1.16. The minimum Gasteiger partial charge on any atom is -0.383 e. The molecule has 96 valence electrons. The molecule has 1 aromatic rings. The molecule has 5 nitrogen and oxygen atoms in total. The summed E-state index contributed by atoms with van der Waals surface area (Å²) < 4.78 is 5.11. The van der Waals surface area contributed by atoms with E-state index in [0.29, 0.717) is 6.04 Å². The van der Waals surface area contributed by atoms with E-state index in [4.69, 9.17) is 14.3 Å². The fraction of sp³-hybridized carbons (Fsp3) is 0.636. The number of carbonyl (C=O) groups excluding carboxylic acids is 2. The van der Waals surface area contributed by atoms with Gasteiger partial charge >= 0.3 is 6.15 Å². The van der Waals surface area contributed by atoms with Crippen LogP contribution in [0.15, 0.2) is 5.38 Å². The third kappa shape index (κ3) is 5.58. The number of anilines is 1. The van der Waals surface area contributed by atoms with Crippen LogP contribution in [0.3, 0.4) is 0 Å². The van der Waals surface area contributed by atoms with Crippen LogP contribution in [0.1, 0.15) is 19.5 Å². The summed E-state index contributed by atoms with van der Waals surface area (Å²) in [6.07, 6.45) is 1.25. The van der Waals surface area contributed by atoms with Crippen LogP contribution in [0, 0.1) is 0 Å². The zero-order valence-corrected chi connectivity index (χ0v) is 11.4. The third-order valence-electron chi connectivity index (χ3n) is 2.27. The van der Waals surface area contributed by atoms with Gasteiger partial charge in [0.15, 0.2) is 5.13 Å². The van der Waals surface area contributed by atoms with Gasteiger partial charge in [-0.2, -0.15) is 9.59 Å². The van der Waals surface area contributed by atoms with Crippen molar-refractivity contribution in [1.29, 1.82) is 0 Å². The van der Waals surface area contributed by atoms with Crippen LogP contribution in [0.4, 0.5) is 5.13 Å². The molecule has 1 atom stereocenters. The Hall–Kier alpha value is -1.23. The lowest BCUT2D eigenvalue weighted by molar-refractivity contribution is -0.191. The van der Waals surface area contributed by atoms with Crippen molar-refractivity contribution in [2.45, 2.75) is 26.3 Å². The molecule has 0 aliphatic heterocycles. The third-order valence-corrected chi connectivity index (χ3v) is 3.25. The van der Waals surface area contributed by atoms with Crippen LogP contribution in [0.25, 0.3) is 0 Å². The van der Waals surface area contributed by atoms with Gasteiger partial charge < -0.3 is 9.64 Å². The highest BCUT2D eigenvalue weighted by molar-refractivity contribution is 7.13. The summed E-state index contributed by atoms with van der Waals surface area (Å²) in [6.45, 7) is 4.99. The minimum atomic E-state index is 0.250. The second-order valence-corrected chi connectivity index (χ2v) is 4.31. The van der Waals surface area contributed by atoms with Crippen molar-refractivity contribution in [2.75, 3.05) is 25.7 Å². The molecule has 0 saturated carbocycles. The molecule has 1 rings (SSSR count). The van der Waals surface area contributed by atoms with Crippen LogP contribution in [-0.4, -0.2) is 37.9 Å². The number of rotatable bonds is 5. The summed E-state index contributed by atoms with van der Waals surface area (Å²) >= 11 is 1.70. The number of likely N-dealkylation sites (N-methyl/N-ethyl adjacent to an activating group) is 1. The van der Waals surface area contributed by atoms with Gasteiger partial charge in [0.05, 0.1) is 18.3 Å². The Kier molecular flexibility index (Phi) is 8.23. The molecule has 0 radical (unpaired) electrons. The SMILES string of the molecule is CCc1csc(N(C)[C@H](C)COC)n1.O=C=O. The van der Waals surface area contributed by atoms with Crippen molar-refractivity contribution in [3.05, 3.63) is 11.1 Å². The summed E-state index contributed by atoms with van der Waals surface area (Å²) in [4.78, 5) is 22.9. The lowest BCUT2D eigenvalue weighted by atomic mass is 10.3. The molecule has 0 amide bonds. The van der Waals surface area contributed by atoms with Gasteiger partial charge in [-0.05, 0) is 13.3 Å². The molecule has 0 N–H and O–H groups in total. The van der Waals surface area contributed by atoms with Gasteiger partial charge in [-0.15, -0.1) is 11.3 Å². The molecule has 17 heavy (non-hydrogen) atoms. The van der Waals surface area contributed by atoms with E-state index in [1.807, 2.05) is 0 Å². The quantitative estimate of drug-likeness (QED) is 0.802. The average Bonchev–Trinajstić information content (AvgIpc) is 2.78. The number of methoxy groups -OCH3 is 1. The van der Waals surface area contributed by atoms with Crippen molar-refractivity contribution >= 4 is 22.6 Å². The zero-order valence-electron chi connectivity index (χ0n) is 10.6. The summed E-state index contributed by atoms with van der Waals surface area (Å²) in [5.74, 6) is 0. The Morgan fingerprint density at radius 3 is 2.59 bits per heavy atom. The van der Waals surface area contributed by atoms with Crippen molar-refractivity contribution in [3.8, 4) is 0 Å². The summed E-state index contributed by atoms with van der Waals surface area (Å²) in [6, 6.07) is 0.371. The molecular weight excluding hydrogens is 240 g/mol. The number of hydrogen-bond acceptors (Lipinski definition) is 6. The van der Waals surface area contributed by atoms with Gasteiger partial charge in [0.2, 0.25) is 0 Å². The molecular formula is C11H18N2O3S. The van der Waals surface area contributed by atoms with Crippen LogP contribution in [0.5, 0.6) is 0 Å². The molecule has 0 aromatic carbocycles. The minimum absolute atomic E-state index is 0.250. The van der Waals surface area contributed by atoms with Crippen LogP contribution in [-0.2, 0) is 20.7 Å². The summed E-state index contributed by atoms with van der Waals surface area (Å²) in [7, 11) is 3.78. The van der Waals surface area contributed by atoms with E-state index < -0.39 is 0 Å². The number of nitrogens with zero attached hydrogens (tertiary/aromatic N) is 2. The maximum atomic E-state index is 8.12. The van der Waals surface area contributed by atoms with Gasteiger partial charge in [-0.3, -0.25) is 0 Å². The van der Waals surface area contributed by atoms with Crippen molar-refractivity contribution in [2.24, 2.45) is 0 Å². The van der Waals surface area contributed by atoms with E-state index >= 15 is 0 Å². The molecule has 0 spiro atoms. The van der Waals surface area contributed by atoms with Gasteiger partial charge in [0.1, 0.15) is 0 Å². The second kappa shape index (κ2) is 8.87. The first-order valence-corrected chi connectivity index (χ1v) is 6.14. The highest BCUT2D eigenvalue weighted by Crippen LogP contribution is 2.21. The Balaban J connectivity index is 0.000000770. The standard InChI is InChI=1S/C10H18N2OS.CO2/c1-5-9-7-14-10(11-9)12(3)8(2)6-13-4;2-1-3/h7-8H,5-6H2,1-4H3;/t8-;/m1./s1. The number of hydrogen-bond donors (Lipinski definition) is 0. The predicted octanol–water partition coefficient (Wildman–Crippen LogP) is 1.59. The predicted molar refractivity (Wildman–Crippen MR) is 66.2 cm³/mol. The fourth-order valence-corrected chi connectivity index (χ4v) is 2.14. The van der Waals surface area contributed by atoms with E-state index in [2.05, 4.69) is 36.2 Å². The molecule has 0 fully saturated rings. The smallest absolute Gasteiger partial charge is 0.373 e. The van der Waals surface area contributed by atoms with Crippen LogP contribution in [0.2, 0.25) is 0 Å². The monoisotopic (exact) mass is 258 g/mol. The highest BCUT2D eigenvalue weighted by atomic mass is 32.1. The molecule has 0 aliphatic carbocycles. The van der Waals surface area contributed by atoms with Gasteiger partial charge in [-0.1, -0.05) is 6.92 Å². The van der Waals surface area contributed by atoms with Crippen molar-refractivity contribution in [1.82, 2.24) is 4.98 Å². The topological polar surface area (TPSA) is 59.5 Å². The molecule has 0 aliphatic rings. The summed E-state index contributed by atoms with van der Waals surface area (Å²) in [5.41, 5.74) is 1.17. The van der Waals surface area contributed by atoms with Gasteiger partial charge in [0, 0.05) is 19.5 Å². The first kappa shape index (κ1) is 15.8. The first-order valence-electron chi connectivity index (χ1n) is 5.26. The lowest BCUT2D eigenvalue weighted by Crippen LogP contribution is -2.32. The largest absolute Gasteiger partial charge is 0.383 e. The van der Waals surface area contributed by atoms with Crippen molar-refractivity contribution in [3.63, 3.8) is 0 Å². The van der Waals surface area contributed by atoms with Gasteiger partial charge in [0.25, 0.3) is 0 Å². The number of ether oxygens (including phenoxy) is 1. The Labute approximate surface area is 105 Å². The molecule has 0 unspecified atom stereocenters. The maximum absolute atomic E-state index is 8.12. The van der Waals surface area contributed by atoms with Crippen LogP contribution >= 0.6 is 11.3 Å². The van der Waals surface area contributed by atoms with E-state index in [1.165, 1.54) is 5.69 Å². The zero-order chi connectivity index (χ0) is 13.3. The van der Waals surface area contributed by atoms with Crippen LogP contribution < -0.4 is 4.90 Å². The van der Waals surface area contributed by atoms with E-state index in [-0.39, 0.29) is 6.15 Å². The Morgan fingerprint density at radius 1 is 1.59 bits per heavy atom. The lowest BCUT2D eigenvalue weighted by Gasteiger charge is -2.23. The number of thiazole rings is 1. The molecule has 1 aromatic heterocycles. The highest BCUT2D eigenvalue weighted by Gasteiger charge is 2.12. The number of aryl methyl sites for hydroxylation is 1. The van der Waals surface area contributed by atoms with Crippen molar-refractivity contribution < 1.29 is 14.3 Å². The molecule has 0 saturated heterocycles.